The monoisotopic (exact) mass is 180 g/mol. The lowest BCUT2D eigenvalue weighted by atomic mass is 9.99. The van der Waals surface area contributed by atoms with Crippen LogP contribution in [0.25, 0.3) is 0 Å². The number of hydrogen-bond donors (Lipinski definition) is 0. The molecule has 0 heterocycles. The molecule has 1 aromatic rings. The molecule has 1 aromatic carbocycles. The van der Waals surface area contributed by atoms with Gasteiger partial charge in [-0.2, -0.15) is 0 Å². The molecule has 0 saturated heterocycles. The lowest BCUT2D eigenvalue weighted by molar-refractivity contribution is 0.647. The minimum Gasteiger partial charge on any atom is -0.118 e. The van der Waals surface area contributed by atoms with E-state index < -0.39 is 0 Å². The summed E-state index contributed by atoms with van der Waals surface area (Å²) < 4.78 is 0. The molecule has 0 aromatic heterocycles. The van der Waals surface area contributed by atoms with Gasteiger partial charge in [-0.15, -0.1) is 11.6 Å². The first kappa shape index (κ1) is 8.12. The smallest absolute Gasteiger partial charge is 0.0593 e. The van der Waals surface area contributed by atoms with Gasteiger partial charge in [-0.25, -0.2) is 0 Å². The Morgan fingerprint density at radius 3 is 2.67 bits per heavy atom. The molecule has 2 unspecified atom stereocenters. The molecule has 0 N–H and O–H groups in total. The van der Waals surface area contributed by atoms with Gasteiger partial charge in [-0.05, 0) is 29.9 Å². The number of hydrogen-bond acceptors (Lipinski definition) is 0. The van der Waals surface area contributed by atoms with E-state index in [0.29, 0.717) is 5.92 Å². The Kier molecular flexibility index (Phi) is 2.10. The van der Waals surface area contributed by atoms with Gasteiger partial charge in [-0.3, -0.25) is 0 Å². The molecule has 2 atom stereocenters. The number of halogens is 1. The van der Waals surface area contributed by atoms with Gasteiger partial charge in [0.1, 0.15) is 0 Å². The molecule has 0 fully saturated rings. The standard InChI is InChI=1S/C11H13Cl/c1-2-8-7-11(12)10-6-4-3-5-9(8)10/h3-6,8,11H,2,7H2,1H3. The number of rotatable bonds is 1. The van der Waals surface area contributed by atoms with E-state index in [1.807, 2.05) is 0 Å². The van der Waals surface area contributed by atoms with Crippen LogP contribution in [-0.4, -0.2) is 0 Å². The first-order chi connectivity index (χ1) is 5.83. The number of fused-ring (bicyclic) bond motifs is 1. The van der Waals surface area contributed by atoms with E-state index in [-0.39, 0.29) is 5.38 Å². The molecule has 0 amide bonds. The largest absolute Gasteiger partial charge is 0.118 e. The van der Waals surface area contributed by atoms with Gasteiger partial charge < -0.3 is 0 Å². The third kappa shape index (κ3) is 1.15. The lowest BCUT2D eigenvalue weighted by Gasteiger charge is -2.05. The summed E-state index contributed by atoms with van der Waals surface area (Å²) in [5.74, 6) is 0.698. The minimum atomic E-state index is 0.256. The number of alkyl halides is 1. The van der Waals surface area contributed by atoms with E-state index in [0.717, 1.165) is 6.42 Å². The van der Waals surface area contributed by atoms with Crippen LogP contribution in [0, 0.1) is 0 Å². The minimum absolute atomic E-state index is 0.256. The molecule has 64 valence electrons. The second kappa shape index (κ2) is 3.10. The second-order valence-corrected chi connectivity index (χ2v) is 3.96. The second-order valence-electron chi connectivity index (χ2n) is 3.44. The molecule has 1 heteroatoms. The highest BCUT2D eigenvalue weighted by Gasteiger charge is 2.27. The predicted octanol–water partition coefficient (Wildman–Crippen LogP) is 3.86. The van der Waals surface area contributed by atoms with Gasteiger partial charge >= 0.3 is 0 Å². The molecule has 1 aliphatic rings. The highest BCUT2D eigenvalue weighted by atomic mass is 35.5. The van der Waals surface area contributed by atoms with Crippen LogP contribution in [0.1, 0.15) is 42.2 Å². The highest BCUT2D eigenvalue weighted by molar-refractivity contribution is 6.21. The first-order valence-corrected chi connectivity index (χ1v) is 4.99. The van der Waals surface area contributed by atoms with Crippen LogP contribution in [0.15, 0.2) is 24.3 Å². The SMILES string of the molecule is CCC1CC(Cl)c2ccccc21. The molecule has 12 heavy (non-hydrogen) atoms. The molecule has 1 aliphatic carbocycles. The molecular weight excluding hydrogens is 168 g/mol. The third-order valence-corrected chi connectivity index (χ3v) is 3.17. The maximum absolute atomic E-state index is 6.22. The molecule has 0 nitrogen and oxygen atoms in total. The maximum Gasteiger partial charge on any atom is 0.0593 e. The van der Waals surface area contributed by atoms with Crippen molar-refractivity contribution in [1.82, 2.24) is 0 Å². The van der Waals surface area contributed by atoms with E-state index in [4.69, 9.17) is 11.6 Å². The molecule has 0 saturated carbocycles. The maximum atomic E-state index is 6.22. The average Bonchev–Trinajstić information content (AvgIpc) is 2.44. The molecule has 2 rings (SSSR count). The Morgan fingerprint density at radius 1 is 1.33 bits per heavy atom. The normalized spacial score (nSPS) is 27.2. The highest BCUT2D eigenvalue weighted by Crippen LogP contribution is 2.44. The molecule has 0 aliphatic heterocycles. The van der Waals surface area contributed by atoms with E-state index in [1.165, 1.54) is 17.5 Å². The van der Waals surface area contributed by atoms with Crippen LogP contribution in [0.2, 0.25) is 0 Å². The van der Waals surface area contributed by atoms with Crippen molar-refractivity contribution in [1.29, 1.82) is 0 Å². The van der Waals surface area contributed by atoms with Crippen molar-refractivity contribution in [2.75, 3.05) is 0 Å². The Bertz CT molecular complexity index is 280. The van der Waals surface area contributed by atoms with Crippen molar-refractivity contribution in [3.8, 4) is 0 Å². The summed E-state index contributed by atoms with van der Waals surface area (Å²) in [5, 5.41) is 0.256. The molecule has 0 bridgehead atoms. The predicted molar refractivity (Wildman–Crippen MR) is 52.7 cm³/mol. The van der Waals surface area contributed by atoms with Crippen molar-refractivity contribution >= 4 is 11.6 Å². The van der Waals surface area contributed by atoms with Crippen molar-refractivity contribution < 1.29 is 0 Å². The molecule has 0 spiro atoms. The van der Waals surface area contributed by atoms with Gasteiger partial charge in [0.15, 0.2) is 0 Å². The van der Waals surface area contributed by atoms with Gasteiger partial charge in [0.05, 0.1) is 5.38 Å². The summed E-state index contributed by atoms with van der Waals surface area (Å²) >= 11 is 6.22. The van der Waals surface area contributed by atoms with Crippen LogP contribution in [0.4, 0.5) is 0 Å². The lowest BCUT2D eigenvalue weighted by Crippen LogP contribution is -1.89. The van der Waals surface area contributed by atoms with E-state index >= 15 is 0 Å². The van der Waals surface area contributed by atoms with Crippen molar-refractivity contribution in [3.63, 3.8) is 0 Å². The zero-order chi connectivity index (χ0) is 8.55. The van der Waals surface area contributed by atoms with Gasteiger partial charge in [0, 0.05) is 0 Å². The van der Waals surface area contributed by atoms with Crippen LogP contribution < -0.4 is 0 Å². The van der Waals surface area contributed by atoms with E-state index in [1.54, 1.807) is 0 Å². The van der Waals surface area contributed by atoms with Crippen LogP contribution >= 0.6 is 11.6 Å². The van der Waals surface area contributed by atoms with Crippen molar-refractivity contribution in [2.45, 2.75) is 31.1 Å². The zero-order valence-electron chi connectivity index (χ0n) is 7.26. The number of benzene rings is 1. The Hall–Kier alpha value is -0.490. The fourth-order valence-corrected chi connectivity index (χ4v) is 2.47. The first-order valence-electron chi connectivity index (χ1n) is 4.55. The Balaban J connectivity index is 2.43. The van der Waals surface area contributed by atoms with Gasteiger partial charge in [-0.1, -0.05) is 31.2 Å². The summed E-state index contributed by atoms with van der Waals surface area (Å²) in [7, 11) is 0. The summed E-state index contributed by atoms with van der Waals surface area (Å²) in [6, 6.07) is 8.55. The Labute approximate surface area is 78.6 Å². The average molecular weight is 181 g/mol. The van der Waals surface area contributed by atoms with E-state index in [2.05, 4.69) is 31.2 Å². The van der Waals surface area contributed by atoms with Crippen LogP contribution in [-0.2, 0) is 0 Å². The summed E-state index contributed by atoms with van der Waals surface area (Å²) in [6.07, 6.45) is 2.33. The molecule has 0 radical (unpaired) electrons. The fourth-order valence-electron chi connectivity index (χ4n) is 2.06. The summed E-state index contributed by atoms with van der Waals surface area (Å²) in [5.41, 5.74) is 2.83. The molecular formula is C11H13Cl. The Morgan fingerprint density at radius 2 is 2.00 bits per heavy atom. The van der Waals surface area contributed by atoms with Gasteiger partial charge in [0.2, 0.25) is 0 Å². The van der Waals surface area contributed by atoms with Crippen molar-refractivity contribution in [2.24, 2.45) is 0 Å². The third-order valence-electron chi connectivity index (χ3n) is 2.76. The summed E-state index contributed by atoms with van der Waals surface area (Å²) in [4.78, 5) is 0. The zero-order valence-corrected chi connectivity index (χ0v) is 8.01. The van der Waals surface area contributed by atoms with Crippen LogP contribution in [0.3, 0.4) is 0 Å². The fraction of sp³-hybridized carbons (Fsp3) is 0.455. The topological polar surface area (TPSA) is 0 Å². The summed E-state index contributed by atoms with van der Waals surface area (Å²) in [6.45, 7) is 2.23. The quantitative estimate of drug-likeness (QED) is 0.576. The van der Waals surface area contributed by atoms with Gasteiger partial charge in [0.25, 0.3) is 0 Å². The van der Waals surface area contributed by atoms with Crippen LogP contribution in [0.5, 0.6) is 0 Å². The van der Waals surface area contributed by atoms with Crippen molar-refractivity contribution in [3.05, 3.63) is 35.4 Å². The van der Waals surface area contributed by atoms with E-state index in [9.17, 15) is 0 Å².